The van der Waals surface area contributed by atoms with E-state index in [0.29, 0.717) is 37.3 Å². The van der Waals surface area contributed by atoms with Gasteiger partial charge in [0.15, 0.2) is 0 Å². The molecular weight excluding hydrogens is 282 g/mol. The fraction of sp³-hybridized carbons (Fsp3) is 0.909. The minimum Gasteiger partial charge on any atom is -0.390 e. The lowest BCUT2D eigenvalue weighted by Gasteiger charge is -2.10. The molecule has 0 aliphatic rings. The van der Waals surface area contributed by atoms with Crippen LogP contribution in [0.3, 0.4) is 0 Å². The van der Waals surface area contributed by atoms with Crippen molar-refractivity contribution in [3.05, 3.63) is 0 Å². The van der Waals surface area contributed by atoms with Crippen LogP contribution in [0.25, 0.3) is 0 Å². The monoisotopic (exact) mass is 305 g/mol. The number of methoxy groups -OCH3 is 1. The summed E-state index contributed by atoms with van der Waals surface area (Å²) in [5, 5.41) is 25.1. The summed E-state index contributed by atoms with van der Waals surface area (Å²) in [7, 11) is 1.67. The van der Waals surface area contributed by atoms with Gasteiger partial charge in [-0.05, 0) is 17.4 Å². The number of nitrogens with zero attached hydrogens (tertiary/aromatic N) is 4. The second kappa shape index (κ2) is 11.0. The summed E-state index contributed by atoms with van der Waals surface area (Å²) in [5.74, 6) is 0.511. The molecule has 1 rings (SSSR count). The van der Waals surface area contributed by atoms with Gasteiger partial charge in [0, 0.05) is 32.6 Å². The number of rotatable bonds is 12. The van der Waals surface area contributed by atoms with Crippen molar-refractivity contribution in [1.29, 1.82) is 0 Å². The molecule has 0 saturated heterocycles. The molecule has 116 valence electrons. The number of aliphatic hydroxyl groups is 1. The second-order valence-electron chi connectivity index (χ2n) is 4.05. The molecule has 0 amide bonds. The predicted octanol–water partition coefficient (Wildman–Crippen LogP) is -0.601. The fourth-order valence-corrected chi connectivity index (χ4v) is 2.21. The Kier molecular flexibility index (Phi) is 9.50. The molecule has 1 unspecified atom stereocenters. The normalized spacial score (nSPS) is 12.8. The van der Waals surface area contributed by atoms with E-state index in [1.54, 1.807) is 11.8 Å². The Labute approximate surface area is 123 Å². The lowest BCUT2D eigenvalue weighted by atomic mass is 10.4. The van der Waals surface area contributed by atoms with E-state index < -0.39 is 6.10 Å². The molecule has 20 heavy (non-hydrogen) atoms. The third-order valence-electron chi connectivity index (χ3n) is 2.40. The quantitative estimate of drug-likeness (QED) is 0.390. The number of tetrazole rings is 1. The first-order valence-corrected chi connectivity index (χ1v) is 7.61. The van der Waals surface area contributed by atoms with E-state index in [2.05, 4.69) is 20.8 Å². The van der Waals surface area contributed by atoms with Crippen LogP contribution in [0.2, 0.25) is 0 Å². The van der Waals surface area contributed by atoms with Gasteiger partial charge in [-0.2, -0.15) is 0 Å². The topological polar surface area (TPSA) is 94.3 Å². The molecule has 8 nitrogen and oxygen atoms in total. The smallest absolute Gasteiger partial charge is 0.209 e. The third kappa shape index (κ3) is 7.15. The Bertz CT molecular complexity index is 353. The van der Waals surface area contributed by atoms with Crippen LogP contribution in [-0.2, 0) is 16.0 Å². The zero-order valence-electron chi connectivity index (χ0n) is 12.0. The largest absolute Gasteiger partial charge is 0.390 e. The second-order valence-corrected chi connectivity index (χ2v) is 5.04. The van der Waals surface area contributed by atoms with E-state index in [9.17, 15) is 5.11 Å². The average Bonchev–Trinajstić information content (AvgIpc) is 2.90. The van der Waals surface area contributed by atoms with Crippen molar-refractivity contribution in [3.8, 4) is 0 Å². The number of hydrogen-bond donors (Lipinski definition) is 2. The van der Waals surface area contributed by atoms with Crippen molar-refractivity contribution in [3.63, 3.8) is 0 Å². The van der Waals surface area contributed by atoms with Gasteiger partial charge >= 0.3 is 0 Å². The highest BCUT2D eigenvalue weighted by Crippen LogP contribution is 2.14. The molecule has 0 fully saturated rings. The van der Waals surface area contributed by atoms with E-state index in [4.69, 9.17) is 9.47 Å². The fourth-order valence-electron chi connectivity index (χ4n) is 1.40. The van der Waals surface area contributed by atoms with E-state index in [-0.39, 0.29) is 0 Å². The summed E-state index contributed by atoms with van der Waals surface area (Å²) in [6.45, 7) is 5.77. The van der Waals surface area contributed by atoms with Gasteiger partial charge in [-0.3, -0.25) is 0 Å². The van der Waals surface area contributed by atoms with E-state index in [0.717, 1.165) is 13.1 Å². The van der Waals surface area contributed by atoms with Crippen LogP contribution >= 0.6 is 11.8 Å². The van der Waals surface area contributed by atoms with Crippen molar-refractivity contribution in [2.24, 2.45) is 0 Å². The first-order valence-electron chi connectivity index (χ1n) is 6.62. The van der Waals surface area contributed by atoms with Crippen LogP contribution in [0.4, 0.5) is 0 Å². The number of thioether (sulfide) groups is 1. The van der Waals surface area contributed by atoms with Crippen LogP contribution in [-0.4, -0.2) is 77.2 Å². The molecule has 0 radical (unpaired) electrons. The van der Waals surface area contributed by atoms with E-state index in [1.165, 1.54) is 11.8 Å². The Morgan fingerprint density at radius 1 is 1.45 bits per heavy atom. The molecule has 0 saturated carbocycles. The predicted molar refractivity (Wildman–Crippen MR) is 75.8 cm³/mol. The van der Waals surface area contributed by atoms with Crippen molar-refractivity contribution < 1.29 is 14.6 Å². The van der Waals surface area contributed by atoms with Gasteiger partial charge < -0.3 is 19.9 Å². The summed E-state index contributed by atoms with van der Waals surface area (Å²) >= 11 is 1.42. The summed E-state index contributed by atoms with van der Waals surface area (Å²) in [6.07, 6.45) is -0.509. The average molecular weight is 305 g/mol. The van der Waals surface area contributed by atoms with E-state index in [1.807, 2.05) is 6.92 Å². The lowest BCUT2D eigenvalue weighted by Crippen LogP contribution is -2.24. The van der Waals surface area contributed by atoms with E-state index >= 15 is 0 Å². The molecular formula is C11H23N5O3S. The Balaban J connectivity index is 2.24. The van der Waals surface area contributed by atoms with Crippen LogP contribution in [0.5, 0.6) is 0 Å². The van der Waals surface area contributed by atoms with Gasteiger partial charge in [0.25, 0.3) is 0 Å². The number of hydrogen-bond acceptors (Lipinski definition) is 8. The Morgan fingerprint density at radius 2 is 2.30 bits per heavy atom. The van der Waals surface area contributed by atoms with Gasteiger partial charge in [0.05, 0.1) is 25.9 Å². The van der Waals surface area contributed by atoms with Crippen molar-refractivity contribution in [1.82, 2.24) is 25.5 Å². The maximum atomic E-state index is 9.69. The first-order chi connectivity index (χ1) is 9.77. The standard InChI is InChI=1S/C11H23N5O3S/c1-3-19-8-10(17)9-20-11-13-14-15-16(11)6-4-12-5-7-18-2/h10,12,17H,3-9H2,1-2H3. The Hall–Kier alpha value is -0.740. The number of aliphatic hydroxyl groups excluding tert-OH is 1. The minimum absolute atomic E-state index is 0.337. The minimum atomic E-state index is -0.509. The van der Waals surface area contributed by atoms with Gasteiger partial charge in [0.1, 0.15) is 0 Å². The highest BCUT2D eigenvalue weighted by molar-refractivity contribution is 7.99. The number of nitrogens with one attached hydrogen (secondary N) is 1. The van der Waals surface area contributed by atoms with Crippen LogP contribution in [0.15, 0.2) is 5.16 Å². The molecule has 1 aromatic heterocycles. The SMILES string of the molecule is CCOCC(O)CSc1nnnn1CCNCCOC. The molecule has 1 atom stereocenters. The zero-order valence-corrected chi connectivity index (χ0v) is 12.8. The summed E-state index contributed by atoms with van der Waals surface area (Å²) in [6, 6.07) is 0. The van der Waals surface area contributed by atoms with Crippen LogP contribution in [0, 0.1) is 0 Å². The van der Waals surface area contributed by atoms with Gasteiger partial charge in [-0.15, -0.1) is 5.10 Å². The first kappa shape index (κ1) is 17.3. The summed E-state index contributed by atoms with van der Waals surface area (Å²) in [4.78, 5) is 0. The molecule has 9 heteroatoms. The molecule has 2 N–H and O–H groups in total. The van der Waals surface area contributed by atoms with Crippen molar-refractivity contribution in [2.45, 2.75) is 24.7 Å². The van der Waals surface area contributed by atoms with Gasteiger partial charge in [0.2, 0.25) is 5.16 Å². The van der Waals surface area contributed by atoms with Gasteiger partial charge in [-0.25, -0.2) is 4.68 Å². The molecule has 0 aromatic carbocycles. The molecule has 0 aliphatic heterocycles. The molecule has 0 bridgehead atoms. The van der Waals surface area contributed by atoms with Crippen LogP contribution < -0.4 is 5.32 Å². The van der Waals surface area contributed by atoms with Crippen LogP contribution in [0.1, 0.15) is 6.92 Å². The summed E-state index contributed by atoms with van der Waals surface area (Å²) in [5.41, 5.74) is 0. The zero-order chi connectivity index (χ0) is 14.6. The lowest BCUT2D eigenvalue weighted by molar-refractivity contribution is 0.0551. The number of ether oxygens (including phenoxy) is 2. The summed E-state index contributed by atoms with van der Waals surface area (Å²) < 4.78 is 11.8. The maximum Gasteiger partial charge on any atom is 0.209 e. The number of aromatic nitrogens is 4. The highest BCUT2D eigenvalue weighted by Gasteiger charge is 2.10. The third-order valence-corrected chi connectivity index (χ3v) is 3.50. The molecule has 0 spiro atoms. The Morgan fingerprint density at radius 3 is 3.05 bits per heavy atom. The highest BCUT2D eigenvalue weighted by atomic mass is 32.2. The molecule has 1 aromatic rings. The molecule has 1 heterocycles. The molecule has 0 aliphatic carbocycles. The van der Waals surface area contributed by atoms with Crippen molar-refractivity contribution in [2.75, 3.05) is 45.8 Å². The van der Waals surface area contributed by atoms with Crippen molar-refractivity contribution >= 4 is 11.8 Å². The van der Waals surface area contributed by atoms with Gasteiger partial charge in [-0.1, -0.05) is 11.8 Å². The maximum absolute atomic E-state index is 9.69.